The van der Waals surface area contributed by atoms with Crippen molar-refractivity contribution in [1.29, 1.82) is 0 Å². The molecule has 0 bridgehead atoms. The Morgan fingerprint density at radius 2 is 2.37 bits per heavy atom. The average molecular weight is 264 g/mol. The molecule has 0 spiro atoms. The van der Waals surface area contributed by atoms with Crippen LogP contribution in [0, 0.1) is 5.92 Å². The molecule has 2 heterocycles. The van der Waals surface area contributed by atoms with Crippen LogP contribution >= 0.6 is 0 Å². The lowest BCUT2D eigenvalue weighted by atomic mass is 10.00. The molecular weight excluding hydrogens is 244 g/mol. The van der Waals surface area contributed by atoms with Crippen molar-refractivity contribution in [1.82, 2.24) is 10.2 Å². The molecule has 5 nitrogen and oxygen atoms in total. The first-order valence-electron chi connectivity index (χ1n) is 6.72. The monoisotopic (exact) mass is 264 g/mol. The van der Waals surface area contributed by atoms with E-state index in [1.54, 1.807) is 23.3 Å². The molecule has 1 N–H and O–H groups in total. The Labute approximate surface area is 113 Å². The van der Waals surface area contributed by atoms with Gasteiger partial charge in [0.05, 0.1) is 12.8 Å². The number of likely N-dealkylation sites (tertiary alicyclic amines) is 1. The minimum absolute atomic E-state index is 0.0760. The molecule has 0 radical (unpaired) electrons. The highest BCUT2D eigenvalue weighted by atomic mass is 16.3. The molecule has 104 valence electrons. The van der Waals surface area contributed by atoms with Crippen LogP contribution in [0.25, 0.3) is 0 Å². The van der Waals surface area contributed by atoms with E-state index in [1.807, 2.05) is 0 Å². The molecule has 1 aliphatic heterocycles. The lowest BCUT2D eigenvalue weighted by Gasteiger charge is -2.30. The summed E-state index contributed by atoms with van der Waals surface area (Å²) in [7, 11) is 0. The third kappa shape index (κ3) is 4.12. The molecule has 1 aliphatic rings. The van der Waals surface area contributed by atoms with Gasteiger partial charge in [-0.05, 0) is 30.9 Å². The number of piperidine rings is 1. The number of furan rings is 1. The third-order valence-corrected chi connectivity index (χ3v) is 3.36. The number of carbonyl (C=O) groups excluding carboxylic acids is 2. The van der Waals surface area contributed by atoms with Crippen molar-refractivity contribution in [2.24, 2.45) is 5.92 Å². The quantitative estimate of drug-likeness (QED) is 0.839. The molecule has 2 rings (SSSR count). The van der Waals surface area contributed by atoms with Crippen molar-refractivity contribution in [3.8, 4) is 0 Å². The van der Waals surface area contributed by atoms with E-state index in [0.717, 1.165) is 25.9 Å². The average Bonchev–Trinajstić information content (AvgIpc) is 2.89. The van der Waals surface area contributed by atoms with E-state index in [-0.39, 0.29) is 18.2 Å². The summed E-state index contributed by atoms with van der Waals surface area (Å²) in [5.41, 5.74) is 0. The van der Waals surface area contributed by atoms with Gasteiger partial charge >= 0.3 is 0 Å². The van der Waals surface area contributed by atoms with Gasteiger partial charge in [-0.1, -0.05) is 6.92 Å². The number of nitrogens with zero attached hydrogens (tertiary/aromatic N) is 1. The van der Waals surface area contributed by atoms with Crippen molar-refractivity contribution in [2.75, 3.05) is 13.1 Å². The molecule has 19 heavy (non-hydrogen) atoms. The van der Waals surface area contributed by atoms with Crippen LogP contribution in [0.3, 0.4) is 0 Å². The summed E-state index contributed by atoms with van der Waals surface area (Å²) in [5.74, 6) is 0.888. The zero-order valence-corrected chi connectivity index (χ0v) is 11.2. The fourth-order valence-electron chi connectivity index (χ4n) is 2.33. The van der Waals surface area contributed by atoms with Gasteiger partial charge in [0.25, 0.3) is 0 Å². The fourth-order valence-corrected chi connectivity index (χ4v) is 2.33. The van der Waals surface area contributed by atoms with Gasteiger partial charge in [-0.25, -0.2) is 0 Å². The van der Waals surface area contributed by atoms with Gasteiger partial charge in [0, 0.05) is 13.1 Å². The lowest BCUT2D eigenvalue weighted by molar-refractivity contribution is -0.137. The van der Waals surface area contributed by atoms with Gasteiger partial charge in [0.1, 0.15) is 12.2 Å². The van der Waals surface area contributed by atoms with E-state index in [1.165, 1.54) is 0 Å². The summed E-state index contributed by atoms with van der Waals surface area (Å²) in [6.07, 6.45) is 3.67. The Morgan fingerprint density at radius 1 is 1.53 bits per heavy atom. The predicted octanol–water partition coefficient (Wildman–Crippen LogP) is 1.54. The molecule has 0 saturated carbocycles. The van der Waals surface area contributed by atoms with Gasteiger partial charge in [-0.15, -0.1) is 0 Å². The summed E-state index contributed by atoms with van der Waals surface area (Å²) >= 11 is 0. The Kier molecular flexibility index (Phi) is 4.60. The first-order valence-corrected chi connectivity index (χ1v) is 6.72. The number of carbonyl (C=O) groups is 2. The van der Waals surface area contributed by atoms with Crippen molar-refractivity contribution in [3.05, 3.63) is 24.2 Å². The Morgan fingerprint density at radius 3 is 3.05 bits per heavy atom. The maximum Gasteiger partial charge on any atom is 0.232 e. The van der Waals surface area contributed by atoms with Crippen molar-refractivity contribution in [2.45, 2.75) is 32.7 Å². The van der Waals surface area contributed by atoms with Crippen LogP contribution in [-0.2, 0) is 16.1 Å². The zero-order valence-electron chi connectivity index (χ0n) is 11.2. The topological polar surface area (TPSA) is 62.6 Å². The Bertz CT molecular complexity index is 428. The molecule has 1 aromatic heterocycles. The smallest absolute Gasteiger partial charge is 0.232 e. The van der Waals surface area contributed by atoms with Gasteiger partial charge in [-0.2, -0.15) is 0 Å². The SMILES string of the molecule is CC1CCCN(C(=O)CC(=O)NCc2ccco2)C1. The van der Waals surface area contributed by atoms with E-state index in [9.17, 15) is 9.59 Å². The first-order chi connectivity index (χ1) is 9.15. The number of amides is 2. The molecular formula is C14H20N2O3. The third-order valence-electron chi connectivity index (χ3n) is 3.36. The largest absolute Gasteiger partial charge is 0.467 e. The number of hydrogen-bond donors (Lipinski definition) is 1. The van der Waals surface area contributed by atoms with Crippen LogP contribution in [0.2, 0.25) is 0 Å². The van der Waals surface area contributed by atoms with E-state index in [0.29, 0.717) is 18.2 Å². The zero-order chi connectivity index (χ0) is 13.7. The second kappa shape index (κ2) is 6.41. The highest BCUT2D eigenvalue weighted by Gasteiger charge is 2.22. The van der Waals surface area contributed by atoms with Crippen LogP contribution in [0.15, 0.2) is 22.8 Å². The van der Waals surface area contributed by atoms with Crippen molar-refractivity contribution >= 4 is 11.8 Å². The van der Waals surface area contributed by atoms with Gasteiger partial charge in [0.2, 0.25) is 11.8 Å². The van der Waals surface area contributed by atoms with Gasteiger partial charge < -0.3 is 14.6 Å². The van der Waals surface area contributed by atoms with Crippen molar-refractivity contribution < 1.29 is 14.0 Å². The highest BCUT2D eigenvalue weighted by Crippen LogP contribution is 2.16. The van der Waals surface area contributed by atoms with E-state index < -0.39 is 0 Å². The predicted molar refractivity (Wildman–Crippen MR) is 70.1 cm³/mol. The summed E-state index contributed by atoms with van der Waals surface area (Å²) < 4.78 is 5.11. The molecule has 0 aliphatic carbocycles. The second-order valence-corrected chi connectivity index (χ2v) is 5.12. The second-order valence-electron chi connectivity index (χ2n) is 5.12. The maximum atomic E-state index is 12.0. The minimum atomic E-state index is -0.250. The molecule has 2 amide bonds. The van der Waals surface area contributed by atoms with E-state index >= 15 is 0 Å². The molecule has 1 unspecified atom stereocenters. The molecule has 1 fully saturated rings. The van der Waals surface area contributed by atoms with E-state index in [2.05, 4.69) is 12.2 Å². The minimum Gasteiger partial charge on any atom is -0.467 e. The summed E-state index contributed by atoms with van der Waals surface area (Å²) in [6.45, 7) is 4.00. The van der Waals surface area contributed by atoms with Gasteiger partial charge in [0.15, 0.2) is 0 Å². The Hall–Kier alpha value is -1.78. The van der Waals surface area contributed by atoms with Crippen LogP contribution in [0.1, 0.15) is 31.9 Å². The summed E-state index contributed by atoms with van der Waals surface area (Å²) in [4.78, 5) is 25.4. The number of rotatable bonds is 4. The van der Waals surface area contributed by atoms with Crippen molar-refractivity contribution in [3.63, 3.8) is 0 Å². The number of nitrogens with one attached hydrogen (secondary N) is 1. The molecule has 1 atom stereocenters. The first kappa shape index (κ1) is 13.6. The molecule has 1 saturated heterocycles. The normalized spacial score (nSPS) is 19.2. The highest BCUT2D eigenvalue weighted by molar-refractivity contribution is 5.96. The Balaban J connectivity index is 1.73. The molecule has 5 heteroatoms. The lowest BCUT2D eigenvalue weighted by Crippen LogP contribution is -2.41. The van der Waals surface area contributed by atoms with Crippen LogP contribution < -0.4 is 5.32 Å². The van der Waals surface area contributed by atoms with E-state index in [4.69, 9.17) is 4.42 Å². The van der Waals surface area contributed by atoms with Crippen LogP contribution in [0.4, 0.5) is 0 Å². The standard InChI is InChI=1S/C14H20N2O3/c1-11-4-2-6-16(10-11)14(18)8-13(17)15-9-12-5-3-7-19-12/h3,5,7,11H,2,4,6,8-10H2,1H3,(H,15,17). The number of hydrogen-bond acceptors (Lipinski definition) is 3. The summed E-state index contributed by atoms with van der Waals surface area (Å²) in [6, 6.07) is 3.55. The van der Waals surface area contributed by atoms with Gasteiger partial charge in [-0.3, -0.25) is 9.59 Å². The van der Waals surface area contributed by atoms with Crippen LogP contribution in [0.5, 0.6) is 0 Å². The molecule has 0 aromatic carbocycles. The summed E-state index contributed by atoms with van der Waals surface area (Å²) in [5, 5.41) is 2.69. The van der Waals surface area contributed by atoms with Crippen LogP contribution in [-0.4, -0.2) is 29.8 Å². The maximum absolute atomic E-state index is 12.0. The fraction of sp³-hybridized carbons (Fsp3) is 0.571. The molecule has 1 aromatic rings.